The van der Waals surface area contributed by atoms with Gasteiger partial charge in [0.05, 0.1) is 38.8 Å². The number of nitrogens with zero attached hydrogens (tertiary/aromatic N) is 6. The lowest BCUT2D eigenvalue weighted by molar-refractivity contribution is 1.18. The molecule has 3 aromatic heterocycles. The van der Waals surface area contributed by atoms with Gasteiger partial charge in [0, 0.05) is 100 Å². The van der Waals surface area contributed by atoms with E-state index < -0.39 is 0 Å². The Kier molecular flexibility index (Phi) is 20.2. The summed E-state index contributed by atoms with van der Waals surface area (Å²) in [5.74, 6) is 0. The average Bonchev–Trinajstić information content (AvgIpc) is 1.60. The minimum Gasteiger partial charge on any atom is -0.310 e. The van der Waals surface area contributed by atoms with Crippen LogP contribution in [-0.4, -0.2) is 13.7 Å². The second kappa shape index (κ2) is 34.7. The largest absolute Gasteiger partial charge is 0.310 e. The van der Waals surface area contributed by atoms with Gasteiger partial charge in [0.2, 0.25) is 0 Å². The lowest BCUT2D eigenvalue weighted by atomic mass is 9.94. The number of hydrogen-bond donors (Lipinski definition) is 0. The Morgan fingerprint density at radius 3 is 0.669 bits per heavy atom. The number of aromatic nitrogens is 3. The summed E-state index contributed by atoms with van der Waals surface area (Å²) in [5.41, 5.74) is 23.2. The molecule has 0 aliphatic carbocycles. The number of anilines is 9. The molecule has 6 nitrogen and oxygen atoms in total. The van der Waals surface area contributed by atoms with E-state index in [1.807, 2.05) is 0 Å². The van der Waals surface area contributed by atoms with Gasteiger partial charge in [-0.1, -0.05) is 388 Å². The Morgan fingerprint density at radius 2 is 0.331 bits per heavy atom. The molecule has 3 heterocycles. The third kappa shape index (κ3) is 14.0. The molecular weight excluding hydrogens is 1720 g/mol. The summed E-state index contributed by atoms with van der Waals surface area (Å²) in [6, 6.07) is 198. The predicted molar refractivity (Wildman–Crippen MR) is 607 cm³/mol. The fraction of sp³-hybridized carbons (Fsp3) is 0. The van der Waals surface area contributed by atoms with Gasteiger partial charge in [0.15, 0.2) is 0 Å². The van der Waals surface area contributed by atoms with Crippen LogP contribution in [0.2, 0.25) is 0 Å². The summed E-state index contributed by atoms with van der Waals surface area (Å²) in [4.78, 5) is 7.17. The fourth-order valence-corrected chi connectivity index (χ4v) is 22.7. The van der Waals surface area contributed by atoms with Gasteiger partial charge >= 0.3 is 0 Å². The molecule has 0 radical (unpaired) electrons. The predicted octanol–water partition coefficient (Wildman–Crippen LogP) is 38.0. The number of para-hydroxylation sites is 7. The zero-order chi connectivity index (χ0) is 93.7. The summed E-state index contributed by atoms with van der Waals surface area (Å²) < 4.78 is 7.24. The van der Waals surface area contributed by atoms with Crippen molar-refractivity contribution in [1.82, 2.24) is 13.7 Å². The third-order valence-corrected chi connectivity index (χ3v) is 29.0. The van der Waals surface area contributed by atoms with Crippen LogP contribution in [0, 0.1) is 0 Å². The van der Waals surface area contributed by atoms with E-state index in [1.54, 1.807) is 0 Å². The van der Waals surface area contributed by atoms with Crippen LogP contribution >= 0.6 is 0 Å². The smallest absolute Gasteiger partial charge is 0.0562 e. The molecule has 0 N–H and O–H groups in total. The summed E-state index contributed by atoms with van der Waals surface area (Å²) in [5, 5.41) is 32.9. The molecule has 29 rings (SSSR count). The van der Waals surface area contributed by atoms with Crippen LogP contribution in [0.25, 0.3) is 201 Å². The van der Waals surface area contributed by atoms with Gasteiger partial charge in [0.25, 0.3) is 0 Å². The van der Waals surface area contributed by atoms with Crippen molar-refractivity contribution in [3.63, 3.8) is 0 Å². The average molecular weight is 1810 g/mol. The van der Waals surface area contributed by atoms with Crippen molar-refractivity contribution >= 4 is 224 Å². The van der Waals surface area contributed by atoms with E-state index in [2.05, 4.69) is 574 Å². The highest BCUT2D eigenvalue weighted by Crippen LogP contribution is 2.50. The summed E-state index contributed by atoms with van der Waals surface area (Å²) in [6.45, 7) is 0. The quantitative estimate of drug-likeness (QED) is 0.108. The van der Waals surface area contributed by atoms with Gasteiger partial charge in [-0.15, -0.1) is 0 Å². The molecular formula is C136H90N6. The normalized spacial score (nSPS) is 11.7. The molecule has 0 amide bonds. The first-order chi connectivity index (χ1) is 70.5. The monoisotopic (exact) mass is 1810 g/mol. The molecule has 0 bridgehead atoms. The highest BCUT2D eigenvalue weighted by atomic mass is 15.2. The van der Waals surface area contributed by atoms with Gasteiger partial charge in [-0.05, 0) is 271 Å². The highest BCUT2D eigenvalue weighted by Gasteiger charge is 2.26. The molecule has 0 saturated carbocycles. The maximum absolute atomic E-state index is 2.44. The zero-order valence-corrected chi connectivity index (χ0v) is 77.6. The lowest BCUT2D eigenvalue weighted by Gasteiger charge is -2.26. The van der Waals surface area contributed by atoms with E-state index in [-0.39, 0.29) is 0 Å². The molecule has 0 spiro atoms. The topological polar surface area (TPSA) is 24.5 Å². The van der Waals surface area contributed by atoms with Gasteiger partial charge in [-0.3, -0.25) is 0 Å². The Morgan fingerprint density at radius 1 is 0.113 bits per heavy atom. The number of fused-ring (bicyclic) bond motifs is 28. The molecule has 0 aliphatic rings. The Labute approximate surface area is 821 Å². The summed E-state index contributed by atoms with van der Waals surface area (Å²) in [7, 11) is 0. The van der Waals surface area contributed by atoms with Gasteiger partial charge in [-0.25, -0.2) is 0 Å². The van der Waals surface area contributed by atoms with Crippen LogP contribution in [0.4, 0.5) is 51.2 Å². The molecule has 26 aromatic carbocycles. The SMILES string of the molecule is c1ccc(-c2ccc(-n3c4ccccc4c4ccc(N(c5ccccc5)c5ccc6c7ccccc7c7ccccc7c6c5)cc43)cc2)cc1.c1ccc(N(c2ccc3c4ccccc4c4ccccc4c3c2)c2ccc3c4ccccc4n(-c4cccc5ccccc45)c3c2)cc1.c1ccc(N(c2ccc3c4ccccc4c4ccccc4c3c2)c2ccc3c4ccccc4n(-c4ccccc4)c3c2)cc1. The minimum absolute atomic E-state index is 1.11. The molecule has 664 valence electrons. The third-order valence-electron chi connectivity index (χ3n) is 29.0. The van der Waals surface area contributed by atoms with Crippen molar-refractivity contribution in [2.24, 2.45) is 0 Å². The molecule has 6 heteroatoms. The molecule has 0 saturated heterocycles. The van der Waals surface area contributed by atoms with E-state index in [4.69, 9.17) is 0 Å². The molecule has 29 aromatic rings. The van der Waals surface area contributed by atoms with E-state index >= 15 is 0 Å². The van der Waals surface area contributed by atoms with Crippen LogP contribution in [0.1, 0.15) is 0 Å². The second-order valence-corrected chi connectivity index (χ2v) is 36.9. The van der Waals surface area contributed by atoms with Crippen molar-refractivity contribution in [1.29, 1.82) is 0 Å². The molecule has 0 unspecified atom stereocenters. The second-order valence-electron chi connectivity index (χ2n) is 36.9. The molecule has 0 atom stereocenters. The van der Waals surface area contributed by atoms with E-state index in [1.165, 1.54) is 190 Å². The first kappa shape index (κ1) is 82.6. The Hall–Kier alpha value is -18.9. The van der Waals surface area contributed by atoms with E-state index in [0.717, 1.165) is 62.6 Å². The van der Waals surface area contributed by atoms with Gasteiger partial charge in [-0.2, -0.15) is 0 Å². The number of hydrogen-bond acceptors (Lipinski definition) is 3. The first-order valence-electron chi connectivity index (χ1n) is 48.8. The summed E-state index contributed by atoms with van der Waals surface area (Å²) >= 11 is 0. The summed E-state index contributed by atoms with van der Waals surface area (Å²) in [6.07, 6.45) is 0. The van der Waals surface area contributed by atoms with Crippen molar-refractivity contribution < 1.29 is 0 Å². The zero-order valence-electron chi connectivity index (χ0n) is 77.6. The first-order valence-corrected chi connectivity index (χ1v) is 48.8. The molecule has 0 fully saturated rings. The van der Waals surface area contributed by atoms with Crippen molar-refractivity contribution in [2.75, 3.05) is 14.7 Å². The maximum Gasteiger partial charge on any atom is 0.0562 e. The van der Waals surface area contributed by atoms with Crippen LogP contribution in [0.3, 0.4) is 0 Å². The highest BCUT2D eigenvalue weighted by molar-refractivity contribution is 6.29. The molecule has 0 aliphatic heterocycles. The Balaban J connectivity index is 0.000000107. The van der Waals surface area contributed by atoms with E-state index in [0.29, 0.717) is 0 Å². The van der Waals surface area contributed by atoms with Crippen LogP contribution in [0.15, 0.2) is 546 Å². The minimum atomic E-state index is 1.11. The van der Waals surface area contributed by atoms with Gasteiger partial charge < -0.3 is 28.4 Å². The number of benzene rings is 26. The fourth-order valence-electron chi connectivity index (χ4n) is 22.7. The maximum atomic E-state index is 2.44. The van der Waals surface area contributed by atoms with Crippen LogP contribution in [0.5, 0.6) is 0 Å². The van der Waals surface area contributed by atoms with Crippen molar-refractivity contribution in [2.45, 2.75) is 0 Å². The van der Waals surface area contributed by atoms with Gasteiger partial charge in [0.1, 0.15) is 0 Å². The van der Waals surface area contributed by atoms with Crippen molar-refractivity contribution in [3.05, 3.63) is 546 Å². The standard InChI is InChI=1S/C48H32N2.C46H30N2.C42H28N2/c1-3-13-33(14-4-1)34-23-25-36(26-24-34)50-47-22-12-11-21-44(47)45-30-28-38(32-48(45)50)49(35-15-5-2-6-16-35)37-27-29-43-41-19-8-7-17-39(41)40-18-9-10-20-42(40)46(43)31-37;1-2-15-32(16-3-1)47(33-25-27-40-38-20-7-6-18-36(38)37-19-8-9-21-39(37)43(40)29-33)34-26-28-42-41-22-10-11-23-45(41)48(46(42)30-34)44-24-12-14-31-13-4-5-17-35(31)44;1-3-13-29(14-4-1)43(31-23-25-37-35-19-8-7-17-33(35)34-18-9-10-20-36(34)40(37)27-31)32-24-26-39-38-21-11-12-22-41(38)44(42(39)28-32)30-15-5-2-6-16-30/h1-32H;1-30H;1-28H. The number of rotatable bonds is 13. The van der Waals surface area contributed by atoms with E-state index in [9.17, 15) is 0 Å². The molecule has 142 heavy (non-hydrogen) atoms. The van der Waals surface area contributed by atoms with Crippen molar-refractivity contribution in [3.8, 4) is 28.2 Å². The van der Waals surface area contributed by atoms with Crippen LogP contribution < -0.4 is 14.7 Å². The lowest BCUT2D eigenvalue weighted by Crippen LogP contribution is -2.10. The Bertz CT molecular complexity index is 9890. The van der Waals surface area contributed by atoms with Crippen LogP contribution in [-0.2, 0) is 0 Å².